The van der Waals surface area contributed by atoms with E-state index in [1.807, 2.05) is 18.2 Å². The molecule has 0 atom stereocenters. The van der Waals surface area contributed by atoms with Crippen LogP contribution in [0.5, 0.6) is 0 Å². The fourth-order valence-corrected chi connectivity index (χ4v) is 2.57. The number of nitriles is 1. The maximum Gasteiger partial charge on any atom is 0.267 e. The number of amides is 1. The molecule has 0 aliphatic heterocycles. The van der Waals surface area contributed by atoms with E-state index < -0.39 is 5.91 Å². The molecule has 0 bridgehead atoms. The number of hydrogen-bond donors (Lipinski definition) is 2. The Labute approximate surface area is 162 Å². The molecule has 1 amide bonds. The number of ketones is 1. The van der Waals surface area contributed by atoms with Crippen molar-refractivity contribution in [3.8, 4) is 6.07 Å². The number of hydrogen-bond acceptors (Lipinski definition) is 4. The van der Waals surface area contributed by atoms with Gasteiger partial charge in [0.25, 0.3) is 5.91 Å². The summed E-state index contributed by atoms with van der Waals surface area (Å²) in [6, 6.07) is 26.6. The summed E-state index contributed by atoms with van der Waals surface area (Å²) in [6.45, 7) is 0. The van der Waals surface area contributed by atoms with Crippen molar-refractivity contribution in [3.63, 3.8) is 0 Å². The second-order valence-corrected chi connectivity index (χ2v) is 5.88. The average molecular weight is 367 g/mol. The molecule has 0 fully saturated rings. The van der Waals surface area contributed by atoms with Gasteiger partial charge < -0.3 is 10.6 Å². The molecular formula is C23H17N3O2. The summed E-state index contributed by atoms with van der Waals surface area (Å²) in [6.07, 6.45) is 1.30. The van der Waals surface area contributed by atoms with Crippen LogP contribution in [-0.2, 0) is 4.79 Å². The summed E-state index contributed by atoms with van der Waals surface area (Å²) < 4.78 is 0. The van der Waals surface area contributed by atoms with Gasteiger partial charge in [0.1, 0.15) is 11.6 Å². The van der Waals surface area contributed by atoms with Gasteiger partial charge in [-0.05, 0) is 24.3 Å². The molecule has 0 aliphatic carbocycles. The Morgan fingerprint density at radius 2 is 1.43 bits per heavy atom. The van der Waals surface area contributed by atoms with Crippen molar-refractivity contribution in [1.82, 2.24) is 0 Å². The van der Waals surface area contributed by atoms with Crippen LogP contribution in [0.3, 0.4) is 0 Å². The standard InChI is InChI=1S/C23H17N3O2/c24-15-18(23(28)26-19-11-5-2-6-12-19)16-25-21-14-8-7-13-20(21)22(27)17-9-3-1-4-10-17/h1-14,16,25H,(H,26,28)/b18-16+. The minimum absolute atomic E-state index is 0.106. The summed E-state index contributed by atoms with van der Waals surface area (Å²) in [5, 5.41) is 14.9. The number of nitrogens with zero attached hydrogens (tertiary/aromatic N) is 1. The highest BCUT2D eigenvalue weighted by molar-refractivity contribution is 6.12. The van der Waals surface area contributed by atoms with E-state index in [9.17, 15) is 14.9 Å². The van der Waals surface area contributed by atoms with E-state index in [2.05, 4.69) is 10.6 Å². The highest BCUT2D eigenvalue weighted by Crippen LogP contribution is 2.20. The molecule has 3 rings (SSSR count). The Morgan fingerprint density at radius 3 is 2.11 bits per heavy atom. The number of nitrogens with one attached hydrogen (secondary N) is 2. The maximum absolute atomic E-state index is 12.8. The largest absolute Gasteiger partial charge is 0.360 e. The van der Waals surface area contributed by atoms with E-state index in [0.717, 1.165) is 0 Å². The third kappa shape index (κ3) is 4.51. The van der Waals surface area contributed by atoms with Crippen molar-refractivity contribution in [3.05, 3.63) is 108 Å². The van der Waals surface area contributed by atoms with E-state index >= 15 is 0 Å². The van der Waals surface area contributed by atoms with E-state index in [1.54, 1.807) is 72.8 Å². The molecule has 0 aromatic heterocycles. The Bertz CT molecular complexity index is 1050. The fraction of sp³-hybridized carbons (Fsp3) is 0. The predicted octanol–water partition coefficient (Wildman–Crippen LogP) is 4.38. The molecule has 28 heavy (non-hydrogen) atoms. The van der Waals surface area contributed by atoms with E-state index in [0.29, 0.717) is 22.5 Å². The number of anilines is 2. The quantitative estimate of drug-likeness (QED) is 0.385. The lowest BCUT2D eigenvalue weighted by atomic mass is 10.0. The molecule has 136 valence electrons. The van der Waals surface area contributed by atoms with Crippen LogP contribution in [0.4, 0.5) is 11.4 Å². The molecular weight excluding hydrogens is 350 g/mol. The number of carbonyl (C=O) groups excluding carboxylic acids is 2. The maximum atomic E-state index is 12.8. The number of carbonyl (C=O) groups is 2. The van der Waals surface area contributed by atoms with Crippen molar-refractivity contribution in [2.45, 2.75) is 0 Å². The molecule has 0 heterocycles. The minimum atomic E-state index is -0.534. The molecule has 3 aromatic rings. The number of rotatable bonds is 6. The monoisotopic (exact) mass is 367 g/mol. The molecule has 5 nitrogen and oxygen atoms in total. The highest BCUT2D eigenvalue weighted by atomic mass is 16.1. The van der Waals surface area contributed by atoms with E-state index in [1.165, 1.54) is 6.20 Å². The summed E-state index contributed by atoms with van der Waals surface area (Å²) >= 11 is 0. The van der Waals surface area contributed by atoms with Gasteiger partial charge in [0.2, 0.25) is 0 Å². The van der Waals surface area contributed by atoms with Gasteiger partial charge >= 0.3 is 0 Å². The van der Waals surface area contributed by atoms with Crippen molar-refractivity contribution in [2.75, 3.05) is 10.6 Å². The van der Waals surface area contributed by atoms with Crippen molar-refractivity contribution >= 4 is 23.1 Å². The van der Waals surface area contributed by atoms with Crippen LogP contribution in [0.25, 0.3) is 0 Å². The van der Waals surface area contributed by atoms with Gasteiger partial charge in [-0.25, -0.2) is 0 Å². The molecule has 0 spiro atoms. The highest BCUT2D eigenvalue weighted by Gasteiger charge is 2.14. The van der Waals surface area contributed by atoms with Crippen LogP contribution in [0.2, 0.25) is 0 Å². The van der Waals surface area contributed by atoms with Crippen molar-refractivity contribution in [2.24, 2.45) is 0 Å². The average Bonchev–Trinajstić information content (AvgIpc) is 2.75. The topological polar surface area (TPSA) is 82.0 Å². The first-order valence-corrected chi connectivity index (χ1v) is 8.61. The molecule has 3 aromatic carbocycles. The Balaban J connectivity index is 1.80. The first-order chi connectivity index (χ1) is 13.7. The lowest BCUT2D eigenvalue weighted by molar-refractivity contribution is -0.112. The number of para-hydroxylation sites is 2. The summed E-state index contributed by atoms with van der Waals surface area (Å²) in [7, 11) is 0. The van der Waals surface area contributed by atoms with Gasteiger partial charge in [-0.3, -0.25) is 9.59 Å². The second kappa shape index (κ2) is 8.97. The Kier molecular flexibility index (Phi) is 5.96. The summed E-state index contributed by atoms with van der Waals surface area (Å²) in [4.78, 5) is 25.0. The normalized spacial score (nSPS) is 10.6. The molecule has 0 unspecified atom stereocenters. The van der Waals surface area contributed by atoms with Crippen LogP contribution in [0, 0.1) is 11.3 Å². The van der Waals surface area contributed by atoms with Crippen LogP contribution >= 0.6 is 0 Å². The molecule has 0 aliphatic rings. The van der Waals surface area contributed by atoms with Gasteiger partial charge in [-0.2, -0.15) is 5.26 Å². The third-order valence-corrected chi connectivity index (χ3v) is 3.98. The first kappa shape index (κ1) is 18.6. The molecule has 5 heteroatoms. The lowest BCUT2D eigenvalue weighted by Gasteiger charge is -2.09. The van der Waals surface area contributed by atoms with Gasteiger partial charge in [0.05, 0.1) is 0 Å². The summed E-state index contributed by atoms with van der Waals surface area (Å²) in [5.74, 6) is -0.683. The van der Waals surface area contributed by atoms with Gasteiger partial charge in [0.15, 0.2) is 5.78 Å². The number of benzene rings is 3. The van der Waals surface area contributed by atoms with Gasteiger partial charge in [-0.1, -0.05) is 60.7 Å². The van der Waals surface area contributed by atoms with Crippen molar-refractivity contribution in [1.29, 1.82) is 5.26 Å². The zero-order valence-corrected chi connectivity index (χ0v) is 14.9. The molecule has 0 radical (unpaired) electrons. The first-order valence-electron chi connectivity index (χ1n) is 8.61. The third-order valence-electron chi connectivity index (χ3n) is 3.98. The van der Waals surface area contributed by atoms with Crippen LogP contribution < -0.4 is 10.6 Å². The fourth-order valence-electron chi connectivity index (χ4n) is 2.57. The van der Waals surface area contributed by atoms with Crippen LogP contribution in [0.15, 0.2) is 96.7 Å². The van der Waals surface area contributed by atoms with Gasteiger partial charge in [-0.15, -0.1) is 0 Å². The Hall–Kier alpha value is -4.17. The molecule has 0 saturated carbocycles. The summed E-state index contributed by atoms with van der Waals surface area (Å²) in [5.41, 5.74) is 2.00. The minimum Gasteiger partial charge on any atom is -0.360 e. The predicted molar refractivity (Wildman–Crippen MR) is 109 cm³/mol. The van der Waals surface area contributed by atoms with Crippen molar-refractivity contribution < 1.29 is 9.59 Å². The SMILES string of the molecule is N#C/C(=C\Nc1ccccc1C(=O)c1ccccc1)C(=O)Nc1ccccc1. The molecule has 2 N–H and O–H groups in total. The second-order valence-electron chi connectivity index (χ2n) is 5.88. The zero-order valence-electron chi connectivity index (χ0n) is 14.9. The van der Waals surface area contributed by atoms with E-state index in [4.69, 9.17) is 0 Å². The van der Waals surface area contributed by atoms with Crippen LogP contribution in [0.1, 0.15) is 15.9 Å². The van der Waals surface area contributed by atoms with E-state index in [-0.39, 0.29) is 11.4 Å². The zero-order chi connectivity index (χ0) is 19.8. The van der Waals surface area contributed by atoms with Crippen LogP contribution in [-0.4, -0.2) is 11.7 Å². The molecule has 0 saturated heterocycles. The lowest BCUT2D eigenvalue weighted by Crippen LogP contribution is -2.14. The Morgan fingerprint density at radius 1 is 0.821 bits per heavy atom. The van der Waals surface area contributed by atoms with Gasteiger partial charge in [0, 0.05) is 28.7 Å². The smallest absolute Gasteiger partial charge is 0.267 e.